The number of carbonyl (C=O) groups excluding carboxylic acids is 2. The molecule has 31 atom stereocenters. The van der Waals surface area contributed by atoms with E-state index in [9.17, 15) is 91.0 Å². The summed E-state index contributed by atoms with van der Waals surface area (Å²) < 4.78 is 60.9. The van der Waals surface area contributed by atoms with Crippen LogP contribution in [0.1, 0.15) is 108 Å². The van der Waals surface area contributed by atoms with Crippen LogP contribution in [0.3, 0.4) is 0 Å². The van der Waals surface area contributed by atoms with Gasteiger partial charge in [-0.05, 0) is 86.4 Å². The Hall–Kier alpha value is -2.99. The molecule has 28 heteroatoms. The predicted molar refractivity (Wildman–Crippen MR) is 296 cm³/mol. The molecule has 0 bridgehead atoms. The highest BCUT2D eigenvalue weighted by Gasteiger charge is 2.76. The van der Waals surface area contributed by atoms with Crippen LogP contribution in [0.5, 0.6) is 0 Å². The van der Waals surface area contributed by atoms with Gasteiger partial charge in [-0.2, -0.15) is 0 Å². The lowest BCUT2D eigenvalue weighted by Gasteiger charge is -2.73. The maximum Gasteiger partial charge on any atom is 0.335 e. The van der Waals surface area contributed by atoms with Crippen molar-refractivity contribution in [3.05, 3.63) is 23.3 Å². The van der Waals surface area contributed by atoms with Gasteiger partial charge in [-0.3, -0.25) is 4.79 Å². The molecule has 0 aromatic rings. The zero-order valence-electron chi connectivity index (χ0n) is 51.3. The average Bonchev–Trinajstić information content (AvgIpc) is 1.11. The largest absolute Gasteiger partial charge is 0.479 e. The molecular weight excluding hydrogens is 1170 g/mol. The number of carboxylic acids is 1. The summed E-state index contributed by atoms with van der Waals surface area (Å²) in [7, 11) is 0. The second kappa shape index (κ2) is 25.4. The van der Waals surface area contributed by atoms with Gasteiger partial charge in [0.2, 0.25) is 0 Å². The van der Waals surface area contributed by atoms with Crippen LogP contribution in [-0.4, -0.2) is 268 Å². The molecular formula is C60H94O28. The molecule has 0 aromatic carbocycles. The van der Waals surface area contributed by atoms with Gasteiger partial charge in [0.1, 0.15) is 91.6 Å². The number of carbonyl (C=O) groups is 3. The lowest BCUT2D eigenvalue weighted by Crippen LogP contribution is -2.76. The molecule has 502 valence electrons. The number of allylic oxidation sites excluding steroid dienone is 2. The van der Waals surface area contributed by atoms with E-state index in [1.165, 1.54) is 6.92 Å². The standard InChI is InChI=1S/C60H94O28/c1-11-23(2)50(78)88-48-47(80-24(3)64)55(4,5)18-26-25-12-13-31-57(8)16-15-32(56(6,7)30(57)14-17-58(31,9)59(25,10)45(74)46(75)60(26,48)22-63)83-54-44(87-52-39(72)37(70)35(68)29(20-62)82-52)41(40(73)42(85-54)49(76)77)84-53-43(33(66)27(65)21-79-53)86-51-38(71)36(69)34(67)28(19-61)81-51/h11-12,26-48,51-54,61-63,65-75H,13-22H2,1-10H3,(H,76,77)/b23-11-/t26-,27+,28+,29+,30-,31+,32-,33-,34+,35-,36-,37-,38+,39+,40-,41-,42-,43+,44+,45-,46+,47-,48-,51-,52-,53-,54+,57-,58+,59-,60-/m0/s1. The Morgan fingerprint density at radius 2 is 1.20 bits per heavy atom. The van der Waals surface area contributed by atoms with E-state index in [1.807, 2.05) is 34.6 Å². The third-order valence-corrected chi connectivity index (χ3v) is 22.7. The molecule has 8 fully saturated rings. The maximum atomic E-state index is 13.7. The molecule has 28 nitrogen and oxygen atoms in total. The first-order valence-corrected chi connectivity index (χ1v) is 30.5. The predicted octanol–water partition coefficient (Wildman–Crippen LogP) is -2.86. The van der Waals surface area contributed by atoms with Gasteiger partial charge in [0.05, 0.1) is 50.2 Å². The molecule has 0 spiro atoms. The van der Waals surface area contributed by atoms with Crippen LogP contribution in [-0.2, 0) is 61.8 Å². The average molecular weight is 1260 g/mol. The first-order valence-electron chi connectivity index (χ1n) is 30.5. The number of aliphatic hydroxyl groups excluding tert-OH is 14. The van der Waals surface area contributed by atoms with E-state index in [1.54, 1.807) is 19.9 Å². The minimum Gasteiger partial charge on any atom is -0.479 e. The highest BCUT2D eigenvalue weighted by atomic mass is 16.8. The summed E-state index contributed by atoms with van der Waals surface area (Å²) in [4.78, 5) is 39.7. The Morgan fingerprint density at radius 3 is 1.75 bits per heavy atom. The maximum absolute atomic E-state index is 13.7. The molecule has 0 aromatic heterocycles. The third-order valence-electron chi connectivity index (χ3n) is 22.7. The fraction of sp³-hybridized carbons (Fsp3) is 0.883. The fourth-order valence-electron chi connectivity index (χ4n) is 17.5. The van der Waals surface area contributed by atoms with Gasteiger partial charge in [-0.25, -0.2) is 9.59 Å². The lowest BCUT2D eigenvalue weighted by atomic mass is 9.32. The van der Waals surface area contributed by atoms with Gasteiger partial charge in [-0.1, -0.05) is 66.2 Å². The molecule has 9 rings (SSSR count). The molecule has 4 saturated heterocycles. The van der Waals surface area contributed by atoms with Crippen molar-refractivity contribution < 1.29 is 138 Å². The molecule has 0 unspecified atom stereocenters. The number of aliphatic hydroxyl groups is 14. The second-order valence-corrected chi connectivity index (χ2v) is 28.1. The Morgan fingerprint density at radius 1 is 0.625 bits per heavy atom. The summed E-state index contributed by atoms with van der Waals surface area (Å²) >= 11 is 0. The molecule has 15 N–H and O–H groups in total. The zero-order chi connectivity index (χ0) is 65.0. The molecule has 0 radical (unpaired) electrons. The van der Waals surface area contributed by atoms with Gasteiger partial charge in [0.15, 0.2) is 37.4 Å². The van der Waals surface area contributed by atoms with Crippen molar-refractivity contribution in [2.45, 2.75) is 255 Å². The minimum absolute atomic E-state index is 0.201. The van der Waals surface area contributed by atoms with Crippen LogP contribution in [0, 0.1) is 50.2 Å². The summed E-state index contributed by atoms with van der Waals surface area (Å²) in [5.74, 6) is -4.25. The van der Waals surface area contributed by atoms with Gasteiger partial charge in [-0.15, -0.1) is 0 Å². The lowest BCUT2D eigenvalue weighted by molar-refractivity contribution is -0.401. The molecule has 4 aliphatic heterocycles. The van der Waals surface area contributed by atoms with Gasteiger partial charge < -0.3 is 124 Å². The Bertz CT molecular complexity index is 2580. The number of rotatable bonds is 15. The first-order chi connectivity index (χ1) is 41.1. The van der Waals surface area contributed by atoms with Crippen molar-refractivity contribution in [1.82, 2.24) is 0 Å². The number of esters is 2. The van der Waals surface area contributed by atoms with Crippen molar-refractivity contribution in [3.63, 3.8) is 0 Å². The number of hydrogen-bond acceptors (Lipinski definition) is 27. The van der Waals surface area contributed by atoms with E-state index in [0.29, 0.717) is 25.7 Å². The summed E-state index contributed by atoms with van der Waals surface area (Å²) in [6, 6.07) is 0. The van der Waals surface area contributed by atoms with E-state index in [2.05, 4.69) is 19.9 Å². The van der Waals surface area contributed by atoms with Crippen molar-refractivity contribution in [2.24, 2.45) is 50.2 Å². The zero-order valence-corrected chi connectivity index (χ0v) is 51.3. The van der Waals surface area contributed by atoms with Gasteiger partial charge >= 0.3 is 17.9 Å². The van der Waals surface area contributed by atoms with E-state index in [-0.39, 0.29) is 30.3 Å². The van der Waals surface area contributed by atoms with Crippen LogP contribution in [0.2, 0.25) is 0 Å². The molecule has 5 aliphatic carbocycles. The number of aliphatic carboxylic acids is 1. The van der Waals surface area contributed by atoms with E-state index in [4.69, 9.17) is 47.4 Å². The minimum atomic E-state index is -2.27. The molecule has 4 saturated carbocycles. The van der Waals surface area contributed by atoms with E-state index in [0.717, 1.165) is 5.57 Å². The second-order valence-electron chi connectivity index (χ2n) is 28.1. The number of carboxylic acid groups (broad SMARTS) is 1. The third kappa shape index (κ3) is 11.1. The van der Waals surface area contributed by atoms with Gasteiger partial charge in [0, 0.05) is 23.3 Å². The Kier molecular flexibility index (Phi) is 20.0. The van der Waals surface area contributed by atoms with Crippen molar-refractivity contribution >= 4 is 17.9 Å². The van der Waals surface area contributed by atoms with Gasteiger partial charge in [0.25, 0.3) is 0 Å². The van der Waals surface area contributed by atoms with Crippen molar-refractivity contribution in [1.29, 1.82) is 0 Å². The quantitative estimate of drug-likeness (QED) is 0.0339. The SMILES string of the molecule is C/C=C(/C)C(=O)O[C@H]1[C@H](OC(C)=O)C(C)(C)C[C@H]2C3=CC[C@@H]4[C@@]5(C)CC[C@H](O[C@@H]6O[C@H](C(=O)O)[C@@H](O)[C@H](O[C@@H]7OC[C@@H](O)[C@H](O)[C@H]7O[C@@H]7O[C@H](CO)[C@@H](O)[C@H](O)[C@H]7O)[C@H]6O[C@@H]6O[C@H](CO)[C@H](O)[C@H](O)[C@H]6O)C(C)(C)[C@@H]5CC[C@@]4(C)[C@]3(C)[C@@H](O)[C@@H](O)[C@]21CO. The van der Waals surface area contributed by atoms with Crippen molar-refractivity contribution in [2.75, 3.05) is 26.4 Å². The summed E-state index contributed by atoms with van der Waals surface area (Å²) in [6.45, 7) is 15.2. The number of hydrogen-bond donors (Lipinski definition) is 15. The smallest absolute Gasteiger partial charge is 0.335 e. The Balaban J connectivity index is 1.05. The highest BCUT2D eigenvalue weighted by molar-refractivity contribution is 5.88. The highest BCUT2D eigenvalue weighted by Crippen LogP contribution is 2.76. The summed E-state index contributed by atoms with van der Waals surface area (Å²) in [5.41, 5.74) is -4.97. The Labute approximate surface area is 509 Å². The van der Waals surface area contributed by atoms with Crippen LogP contribution < -0.4 is 0 Å². The normalized spacial score (nSPS) is 50.9. The first kappa shape index (κ1) is 69.4. The van der Waals surface area contributed by atoms with Crippen LogP contribution in [0.25, 0.3) is 0 Å². The van der Waals surface area contributed by atoms with Crippen LogP contribution in [0.15, 0.2) is 23.3 Å². The molecule has 88 heavy (non-hydrogen) atoms. The van der Waals surface area contributed by atoms with Crippen LogP contribution >= 0.6 is 0 Å². The molecule has 4 heterocycles. The van der Waals surface area contributed by atoms with E-state index < -0.39 is 230 Å². The van der Waals surface area contributed by atoms with E-state index >= 15 is 0 Å². The number of ether oxygens (including phenoxy) is 10. The summed E-state index contributed by atoms with van der Waals surface area (Å²) in [6.07, 6.45) is -37.4. The number of fused-ring (bicyclic) bond motifs is 7. The van der Waals surface area contributed by atoms with Crippen molar-refractivity contribution in [3.8, 4) is 0 Å². The summed E-state index contributed by atoms with van der Waals surface area (Å²) in [5, 5.41) is 168. The van der Waals surface area contributed by atoms with Crippen LogP contribution in [0.4, 0.5) is 0 Å². The molecule has 9 aliphatic rings. The fourth-order valence-corrected chi connectivity index (χ4v) is 17.5. The molecule has 0 amide bonds. The topological polar surface area (TPSA) is 447 Å². The monoisotopic (exact) mass is 1260 g/mol.